The summed E-state index contributed by atoms with van der Waals surface area (Å²) in [4.78, 5) is 0.344. The van der Waals surface area contributed by atoms with Crippen LogP contribution in [0.25, 0.3) is 0 Å². The van der Waals surface area contributed by atoms with Crippen molar-refractivity contribution in [2.45, 2.75) is 37.0 Å². The maximum Gasteiger partial charge on any atom is 0.240 e. The van der Waals surface area contributed by atoms with Crippen molar-refractivity contribution in [3.63, 3.8) is 0 Å². The van der Waals surface area contributed by atoms with Crippen LogP contribution in [0, 0.1) is 12.3 Å². The molecule has 0 unspecified atom stereocenters. The van der Waals surface area contributed by atoms with Gasteiger partial charge in [0.05, 0.1) is 4.90 Å². The standard InChI is InChI=1S/C15H20N2O2S/c1-2-3-4-5-11-17-20(18,19)14-8-9-15-13(12-14)7-6-10-16-15/h1,8-9,12,16-17H,3-7,10-11H2. The molecule has 108 valence electrons. The summed E-state index contributed by atoms with van der Waals surface area (Å²) in [6.45, 7) is 1.38. The molecule has 5 heteroatoms. The lowest BCUT2D eigenvalue weighted by atomic mass is 10.0. The minimum absolute atomic E-state index is 0.344. The predicted octanol–water partition coefficient (Wildman–Crippen LogP) is 2.13. The molecule has 1 aliphatic heterocycles. The third-order valence-corrected chi connectivity index (χ3v) is 4.82. The lowest BCUT2D eigenvalue weighted by Crippen LogP contribution is -2.25. The van der Waals surface area contributed by atoms with Crippen LogP contribution in [-0.2, 0) is 16.4 Å². The molecular weight excluding hydrogens is 272 g/mol. The fourth-order valence-electron chi connectivity index (χ4n) is 2.26. The van der Waals surface area contributed by atoms with Gasteiger partial charge in [-0.05, 0) is 49.4 Å². The van der Waals surface area contributed by atoms with Crippen molar-refractivity contribution in [3.8, 4) is 12.3 Å². The van der Waals surface area contributed by atoms with Gasteiger partial charge < -0.3 is 5.32 Å². The first kappa shape index (κ1) is 14.9. The van der Waals surface area contributed by atoms with Crippen molar-refractivity contribution in [3.05, 3.63) is 23.8 Å². The Morgan fingerprint density at radius 1 is 1.35 bits per heavy atom. The largest absolute Gasteiger partial charge is 0.385 e. The second-order valence-electron chi connectivity index (χ2n) is 4.91. The van der Waals surface area contributed by atoms with Gasteiger partial charge in [0.2, 0.25) is 10.0 Å². The highest BCUT2D eigenvalue weighted by atomic mass is 32.2. The molecule has 0 aromatic heterocycles. The summed E-state index contributed by atoms with van der Waals surface area (Å²) in [5.41, 5.74) is 2.12. The molecule has 1 aromatic carbocycles. The number of unbranched alkanes of at least 4 members (excludes halogenated alkanes) is 2. The van der Waals surface area contributed by atoms with Crippen molar-refractivity contribution in [2.75, 3.05) is 18.4 Å². The molecule has 4 nitrogen and oxygen atoms in total. The molecule has 1 heterocycles. The highest BCUT2D eigenvalue weighted by Crippen LogP contribution is 2.24. The monoisotopic (exact) mass is 292 g/mol. The van der Waals surface area contributed by atoms with Crippen LogP contribution < -0.4 is 10.0 Å². The van der Waals surface area contributed by atoms with E-state index in [9.17, 15) is 8.42 Å². The molecule has 1 aliphatic rings. The van der Waals surface area contributed by atoms with E-state index in [1.165, 1.54) is 0 Å². The fraction of sp³-hybridized carbons (Fsp3) is 0.467. The van der Waals surface area contributed by atoms with Crippen LogP contribution in [0.15, 0.2) is 23.1 Å². The van der Waals surface area contributed by atoms with Gasteiger partial charge in [0.15, 0.2) is 0 Å². The molecule has 1 aromatic rings. The normalized spacial score (nSPS) is 14.2. The average molecular weight is 292 g/mol. The van der Waals surface area contributed by atoms with E-state index >= 15 is 0 Å². The Kier molecular flexibility index (Phi) is 5.05. The number of aryl methyl sites for hydroxylation is 1. The minimum atomic E-state index is -3.41. The van der Waals surface area contributed by atoms with Crippen molar-refractivity contribution >= 4 is 15.7 Å². The lowest BCUT2D eigenvalue weighted by molar-refractivity contribution is 0.577. The first-order valence-electron chi connectivity index (χ1n) is 6.93. The molecule has 0 radical (unpaired) electrons. The van der Waals surface area contributed by atoms with E-state index in [4.69, 9.17) is 6.42 Å². The number of nitrogens with one attached hydrogen (secondary N) is 2. The Morgan fingerprint density at radius 3 is 3.00 bits per heavy atom. The summed E-state index contributed by atoms with van der Waals surface area (Å²) in [6.07, 6.45) is 9.41. The van der Waals surface area contributed by atoms with Gasteiger partial charge in [0, 0.05) is 25.2 Å². The van der Waals surface area contributed by atoms with Crippen molar-refractivity contribution in [2.24, 2.45) is 0 Å². The molecule has 2 rings (SSSR count). The van der Waals surface area contributed by atoms with Crippen LogP contribution in [0.5, 0.6) is 0 Å². The first-order chi connectivity index (χ1) is 9.63. The number of rotatable bonds is 6. The Balaban J connectivity index is 2.00. The molecule has 0 spiro atoms. The summed E-state index contributed by atoms with van der Waals surface area (Å²) in [5.74, 6) is 2.55. The molecule has 2 N–H and O–H groups in total. The molecule has 20 heavy (non-hydrogen) atoms. The van der Waals surface area contributed by atoms with E-state index in [2.05, 4.69) is 16.0 Å². The lowest BCUT2D eigenvalue weighted by Gasteiger charge is -2.18. The van der Waals surface area contributed by atoms with E-state index in [1.54, 1.807) is 12.1 Å². The van der Waals surface area contributed by atoms with Crippen LogP contribution in [-0.4, -0.2) is 21.5 Å². The average Bonchev–Trinajstić information content (AvgIpc) is 2.46. The van der Waals surface area contributed by atoms with Crippen molar-refractivity contribution in [1.29, 1.82) is 0 Å². The van der Waals surface area contributed by atoms with Gasteiger partial charge in [0.1, 0.15) is 0 Å². The number of sulfonamides is 1. The quantitative estimate of drug-likeness (QED) is 0.624. The topological polar surface area (TPSA) is 58.2 Å². The zero-order valence-corrected chi connectivity index (χ0v) is 12.3. The number of anilines is 1. The van der Waals surface area contributed by atoms with Gasteiger partial charge in [0.25, 0.3) is 0 Å². The molecule has 0 aliphatic carbocycles. The number of fused-ring (bicyclic) bond motifs is 1. The first-order valence-corrected chi connectivity index (χ1v) is 8.42. The smallest absolute Gasteiger partial charge is 0.240 e. The van der Waals surface area contributed by atoms with Crippen LogP contribution in [0.4, 0.5) is 5.69 Å². The summed E-state index contributed by atoms with van der Waals surface area (Å²) in [5, 5.41) is 3.27. The number of hydrogen-bond donors (Lipinski definition) is 2. The minimum Gasteiger partial charge on any atom is -0.385 e. The summed E-state index contributed by atoms with van der Waals surface area (Å²) in [6, 6.07) is 5.27. The van der Waals surface area contributed by atoms with Gasteiger partial charge in [-0.1, -0.05) is 0 Å². The zero-order valence-electron chi connectivity index (χ0n) is 11.5. The third kappa shape index (κ3) is 3.75. The Labute approximate surface area is 121 Å². The molecule has 0 bridgehead atoms. The summed E-state index contributed by atoms with van der Waals surface area (Å²) >= 11 is 0. The predicted molar refractivity (Wildman–Crippen MR) is 81.1 cm³/mol. The summed E-state index contributed by atoms with van der Waals surface area (Å²) < 4.78 is 27.0. The van der Waals surface area contributed by atoms with E-state index in [-0.39, 0.29) is 0 Å². The number of benzene rings is 1. The van der Waals surface area contributed by atoms with E-state index in [0.29, 0.717) is 17.9 Å². The van der Waals surface area contributed by atoms with Crippen LogP contribution in [0.2, 0.25) is 0 Å². The second-order valence-corrected chi connectivity index (χ2v) is 6.68. The molecule has 0 atom stereocenters. The van der Waals surface area contributed by atoms with Gasteiger partial charge in [-0.15, -0.1) is 12.3 Å². The Hall–Kier alpha value is -1.51. The van der Waals surface area contributed by atoms with Gasteiger partial charge >= 0.3 is 0 Å². The van der Waals surface area contributed by atoms with E-state index in [1.807, 2.05) is 6.07 Å². The highest BCUT2D eigenvalue weighted by molar-refractivity contribution is 7.89. The Morgan fingerprint density at radius 2 is 2.20 bits per heavy atom. The number of hydrogen-bond acceptors (Lipinski definition) is 3. The van der Waals surface area contributed by atoms with Gasteiger partial charge in [-0.3, -0.25) is 0 Å². The second kappa shape index (κ2) is 6.78. The zero-order chi connectivity index (χ0) is 14.4. The highest BCUT2D eigenvalue weighted by Gasteiger charge is 2.16. The van der Waals surface area contributed by atoms with Crippen molar-refractivity contribution in [1.82, 2.24) is 4.72 Å². The fourth-order valence-corrected chi connectivity index (χ4v) is 3.38. The van der Waals surface area contributed by atoms with E-state index in [0.717, 1.165) is 43.5 Å². The van der Waals surface area contributed by atoms with E-state index < -0.39 is 10.0 Å². The van der Waals surface area contributed by atoms with Crippen molar-refractivity contribution < 1.29 is 8.42 Å². The number of terminal acetylenes is 1. The molecule has 0 amide bonds. The van der Waals surface area contributed by atoms with Crippen LogP contribution >= 0.6 is 0 Å². The Bertz CT molecular complexity index is 603. The summed E-state index contributed by atoms with van der Waals surface area (Å²) in [7, 11) is -3.41. The SMILES string of the molecule is C#CCCCCNS(=O)(=O)c1ccc2c(c1)CCCN2. The third-order valence-electron chi connectivity index (χ3n) is 3.37. The molecule has 0 saturated heterocycles. The van der Waals surface area contributed by atoms with Gasteiger partial charge in [-0.2, -0.15) is 0 Å². The molecule has 0 fully saturated rings. The van der Waals surface area contributed by atoms with Crippen LogP contribution in [0.3, 0.4) is 0 Å². The van der Waals surface area contributed by atoms with Crippen LogP contribution in [0.1, 0.15) is 31.2 Å². The van der Waals surface area contributed by atoms with Gasteiger partial charge in [-0.25, -0.2) is 13.1 Å². The maximum atomic E-state index is 12.2. The maximum absolute atomic E-state index is 12.2. The molecule has 0 saturated carbocycles. The molecular formula is C15H20N2O2S.